The quantitative estimate of drug-likeness (QED) is 0.442. The Morgan fingerprint density at radius 2 is 1.69 bits per heavy atom. The Bertz CT molecular complexity index is 1100. The molecule has 3 amide bonds. The lowest BCUT2D eigenvalue weighted by Gasteiger charge is -2.36. The fraction of sp³-hybridized carbons (Fsp3) is 0.308. The first-order valence-corrected chi connectivity index (χ1v) is 11.2. The molecule has 1 aliphatic rings. The number of hydrogen-bond acceptors (Lipinski definition) is 6. The van der Waals surface area contributed by atoms with Crippen LogP contribution in [0.25, 0.3) is 6.08 Å². The zero-order valence-corrected chi connectivity index (χ0v) is 19.5. The van der Waals surface area contributed by atoms with Crippen LogP contribution in [0.3, 0.4) is 0 Å². The monoisotopic (exact) mass is 476 g/mol. The summed E-state index contributed by atoms with van der Waals surface area (Å²) >= 11 is 0. The zero-order valence-electron chi connectivity index (χ0n) is 19.5. The molecule has 0 saturated carbocycles. The van der Waals surface area contributed by atoms with Gasteiger partial charge in [-0.3, -0.25) is 14.4 Å². The summed E-state index contributed by atoms with van der Waals surface area (Å²) in [6, 6.07) is 16.8. The average molecular weight is 477 g/mol. The highest BCUT2D eigenvalue weighted by molar-refractivity contribution is 6.01. The van der Waals surface area contributed by atoms with Gasteiger partial charge in [0.25, 0.3) is 5.91 Å². The highest BCUT2D eigenvalue weighted by Crippen LogP contribution is 2.15. The van der Waals surface area contributed by atoms with Crippen molar-refractivity contribution in [3.8, 4) is 11.8 Å². The molecule has 1 heterocycles. The molecule has 2 aromatic carbocycles. The summed E-state index contributed by atoms with van der Waals surface area (Å²) in [5.74, 6) is -0.938. The van der Waals surface area contributed by atoms with Crippen LogP contribution in [0, 0.1) is 11.3 Å². The van der Waals surface area contributed by atoms with Crippen LogP contribution in [0.2, 0.25) is 0 Å². The Kier molecular flexibility index (Phi) is 8.98. The van der Waals surface area contributed by atoms with E-state index in [4.69, 9.17) is 4.74 Å². The average Bonchev–Trinajstić information content (AvgIpc) is 2.87. The van der Waals surface area contributed by atoms with Gasteiger partial charge in [-0.2, -0.15) is 5.26 Å². The van der Waals surface area contributed by atoms with Crippen LogP contribution >= 0.6 is 0 Å². The Hall–Kier alpha value is -4.16. The maximum absolute atomic E-state index is 13.1. The molecule has 35 heavy (non-hydrogen) atoms. The van der Waals surface area contributed by atoms with Crippen LogP contribution in [0.5, 0.6) is 5.75 Å². The number of nitriles is 1. The summed E-state index contributed by atoms with van der Waals surface area (Å²) in [5.41, 5.74) is 1.55. The van der Waals surface area contributed by atoms with E-state index in [9.17, 15) is 24.8 Å². The van der Waals surface area contributed by atoms with Gasteiger partial charge in [-0.1, -0.05) is 42.5 Å². The lowest BCUT2D eigenvalue weighted by Crippen LogP contribution is -2.56. The van der Waals surface area contributed by atoms with E-state index < -0.39 is 11.9 Å². The van der Waals surface area contributed by atoms with Crippen molar-refractivity contribution in [2.45, 2.75) is 19.6 Å². The summed E-state index contributed by atoms with van der Waals surface area (Å²) in [6.45, 7) is 2.76. The molecule has 9 nitrogen and oxygen atoms in total. The van der Waals surface area contributed by atoms with E-state index >= 15 is 0 Å². The van der Waals surface area contributed by atoms with E-state index in [-0.39, 0.29) is 55.9 Å². The van der Waals surface area contributed by atoms with Crippen molar-refractivity contribution < 1.29 is 24.2 Å². The van der Waals surface area contributed by atoms with Crippen molar-refractivity contribution in [3.63, 3.8) is 0 Å². The number of carbonyl (C=O) groups excluding carboxylic acids is 3. The molecule has 182 valence electrons. The van der Waals surface area contributed by atoms with Crippen LogP contribution < -0.4 is 5.32 Å². The van der Waals surface area contributed by atoms with Crippen LogP contribution in [-0.4, -0.2) is 71.5 Å². The highest BCUT2D eigenvalue weighted by Gasteiger charge is 2.30. The summed E-state index contributed by atoms with van der Waals surface area (Å²) in [4.78, 5) is 40.7. The molecule has 3 rings (SSSR count). The number of hydrogen-bond donors (Lipinski definition) is 2. The summed E-state index contributed by atoms with van der Waals surface area (Å²) in [6.07, 6.45) is 1.47. The number of phenolic OH excluding ortho intramolecular Hbond substituents is 1. The highest BCUT2D eigenvalue weighted by atomic mass is 16.5. The second kappa shape index (κ2) is 12.3. The van der Waals surface area contributed by atoms with E-state index in [0.717, 1.165) is 5.56 Å². The molecular formula is C26H28N4O5. The van der Waals surface area contributed by atoms with E-state index in [1.807, 2.05) is 36.4 Å². The molecule has 1 unspecified atom stereocenters. The molecule has 0 bridgehead atoms. The minimum absolute atomic E-state index is 0.0269. The first-order chi connectivity index (χ1) is 16.9. The third kappa shape index (κ3) is 7.42. The van der Waals surface area contributed by atoms with Crippen molar-refractivity contribution in [2.24, 2.45) is 0 Å². The topological polar surface area (TPSA) is 123 Å². The van der Waals surface area contributed by atoms with Gasteiger partial charge >= 0.3 is 0 Å². The van der Waals surface area contributed by atoms with Crippen molar-refractivity contribution in [3.05, 3.63) is 71.3 Å². The third-order valence-electron chi connectivity index (χ3n) is 5.51. The van der Waals surface area contributed by atoms with E-state index in [2.05, 4.69) is 5.32 Å². The Morgan fingerprint density at radius 3 is 2.29 bits per heavy atom. The van der Waals surface area contributed by atoms with E-state index in [0.29, 0.717) is 12.2 Å². The number of amides is 3. The largest absolute Gasteiger partial charge is 0.508 e. The van der Waals surface area contributed by atoms with Crippen LogP contribution in [0.15, 0.2) is 60.2 Å². The van der Waals surface area contributed by atoms with Crippen molar-refractivity contribution in [2.75, 3.05) is 32.8 Å². The number of benzene rings is 2. The Labute approximate surface area is 204 Å². The summed E-state index contributed by atoms with van der Waals surface area (Å²) < 4.78 is 5.68. The van der Waals surface area contributed by atoms with Crippen LogP contribution in [-0.2, 0) is 25.7 Å². The Balaban J connectivity index is 1.57. The van der Waals surface area contributed by atoms with E-state index in [1.54, 1.807) is 17.0 Å². The van der Waals surface area contributed by atoms with Gasteiger partial charge in [-0.25, -0.2) is 0 Å². The molecule has 1 atom stereocenters. The minimum atomic E-state index is -0.831. The molecule has 0 aromatic heterocycles. The van der Waals surface area contributed by atoms with Gasteiger partial charge in [0.1, 0.15) is 23.4 Å². The molecule has 0 spiro atoms. The molecule has 2 aromatic rings. The number of carbonyl (C=O) groups is 3. The first kappa shape index (κ1) is 25.5. The van der Waals surface area contributed by atoms with Gasteiger partial charge in [-0.05, 0) is 29.3 Å². The van der Waals surface area contributed by atoms with E-state index in [1.165, 1.54) is 30.0 Å². The normalized spacial score (nSPS) is 14.7. The second-order valence-corrected chi connectivity index (χ2v) is 8.13. The standard InChI is InChI=1S/C26H28N4O5/c1-19(31)28-24(18-35-17-21-5-3-2-4-6-21)26(34)30-13-11-29(12-14-30)25(33)22(16-27)15-20-7-9-23(32)10-8-20/h2-10,15,24,32H,11-14,17-18H2,1H3,(H,28,31)/b22-15+. The predicted octanol–water partition coefficient (Wildman–Crippen LogP) is 1.69. The molecule has 9 heteroatoms. The number of nitrogens with one attached hydrogen (secondary N) is 1. The maximum atomic E-state index is 13.1. The van der Waals surface area contributed by atoms with Crippen LogP contribution in [0.4, 0.5) is 0 Å². The summed E-state index contributed by atoms with van der Waals surface area (Å²) in [7, 11) is 0. The maximum Gasteiger partial charge on any atom is 0.264 e. The Morgan fingerprint density at radius 1 is 1.06 bits per heavy atom. The fourth-order valence-electron chi connectivity index (χ4n) is 3.69. The molecule has 1 saturated heterocycles. The zero-order chi connectivity index (χ0) is 25.2. The van der Waals surface area contributed by atoms with Gasteiger partial charge in [0, 0.05) is 33.1 Å². The minimum Gasteiger partial charge on any atom is -0.508 e. The van der Waals surface area contributed by atoms with Gasteiger partial charge < -0.3 is 25.0 Å². The lowest BCUT2D eigenvalue weighted by atomic mass is 10.1. The molecule has 1 fully saturated rings. The lowest BCUT2D eigenvalue weighted by molar-refractivity contribution is -0.142. The van der Waals surface area contributed by atoms with Crippen molar-refractivity contribution >= 4 is 23.8 Å². The third-order valence-corrected chi connectivity index (χ3v) is 5.51. The fourth-order valence-corrected chi connectivity index (χ4v) is 3.69. The van der Waals surface area contributed by atoms with Crippen molar-refractivity contribution in [1.82, 2.24) is 15.1 Å². The summed E-state index contributed by atoms with van der Waals surface area (Å²) in [5, 5.41) is 21.5. The molecule has 1 aliphatic heterocycles. The second-order valence-electron chi connectivity index (χ2n) is 8.13. The number of phenols is 1. The smallest absolute Gasteiger partial charge is 0.264 e. The molecule has 0 aliphatic carbocycles. The molecule has 0 radical (unpaired) electrons. The number of ether oxygens (including phenoxy) is 1. The molecular weight excluding hydrogens is 448 g/mol. The van der Waals surface area contributed by atoms with Gasteiger partial charge in [0.2, 0.25) is 11.8 Å². The van der Waals surface area contributed by atoms with Crippen molar-refractivity contribution in [1.29, 1.82) is 5.26 Å². The molecule has 2 N–H and O–H groups in total. The number of aromatic hydroxyl groups is 1. The predicted molar refractivity (Wildman–Crippen MR) is 129 cm³/mol. The first-order valence-electron chi connectivity index (χ1n) is 11.2. The van der Waals surface area contributed by atoms with Gasteiger partial charge in [0.15, 0.2) is 0 Å². The SMILES string of the molecule is CC(=O)NC(COCc1ccccc1)C(=O)N1CCN(C(=O)/C(C#N)=C/c2ccc(O)cc2)CC1. The number of rotatable bonds is 8. The van der Waals surface area contributed by atoms with Gasteiger partial charge in [0.05, 0.1) is 13.2 Å². The number of nitrogens with zero attached hydrogens (tertiary/aromatic N) is 3. The number of piperazine rings is 1. The van der Waals surface area contributed by atoms with Gasteiger partial charge in [-0.15, -0.1) is 0 Å². The van der Waals surface area contributed by atoms with Crippen LogP contribution in [0.1, 0.15) is 18.1 Å².